The van der Waals surface area contributed by atoms with Crippen molar-refractivity contribution >= 4 is 13.9 Å². The summed E-state index contributed by atoms with van der Waals surface area (Å²) in [5, 5.41) is 0. The highest BCUT2D eigenvalue weighted by molar-refractivity contribution is 6.83. The quantitative estimate of drug-likeness (QED) is 0.389. The molecule has 1 saturated carbocycles. The van der Waals surface area contributed by atoms with Crippen LogP contribution in [0.3, 0.4) is 0 Å². The van der Waals surface area contributed by atoms with Gasteiger partial charge in [0, 0.05) is 23.3 Å². The minimum absolute atomic E-state index is 0.0346. The van der Waals surface area contributed by atoms with E-state index in [1.54, 1.807) is 0 Å². The van der Waals surface area contributed by atoms with Gasteiger partial charge >= 0.3 is 0 Å². The van der Waals surface area contributed by atoms with Crippen LogP contribution in [0.5, 0.6) is 0 Å². The second-order valence-electron chi connectivity index (χ2n) is 10.2. The molecule has 2 unspecified atom stereocenters. The number of hydrogen-bond donors (Lipinski definition) is 0. The lowest BCUT2D eigenvalue weighted by Crippen LogP contribution is -2.49. The maximum Gasteiger partial charge on any atom is 0.226 e. The summed E-state index contributed by atoms with van der Waals surface area (Å²) in [6, 6.07) is 0. The second kappa shape index (κ2) is 7.47. The zero-order valence-corrected chi connectivity index (χ0v) is 20.1. The van der Waals surface area contributed by atoms with Crippen LogP contribution in [-0.4, -0.2) is 37.8 Å². The average Bonchev–Trinajstić information content (AvgIpc) is 3.39. The monoisotopic (exact) mass is 427 g/mol. The van der Waals surface area contributed by atoms with Crippen molar-refractivity contribution in [1.82, 2.24) is 4.98 Å². The van der Waals surface area contributed by atoms with Crippen molar-refractivity contribution in [2.75, 3.05) is 13.2 Å². The lowest BCUT2D eigenvalue weighted by Gasteiger charge is -2.46. The Kier molecular flexibility index (Phi) is 5.37. The summed E-state index contributed by atoms with van der Waals surface area (Å²) >= 11 is 0. The molecule has 1 saturated heterocycles. The lowest BCUT2D eigenvalue weighted by atomic mass is 9.62. The van der Waals surface area contributed by atoms with E-state index in [4.69, 9.17) is 13.9 Å². The topological polar surface area (TPSA) is 61.6 Å². The van der Waals surface area contributed by atoms with Crippen molar-refractivity contribution in [2.24, 2.45) is 17.3 Å². The largest absolute Gasteiger partial charge is 0.440 e. The number of carbonyl (C=O) groups is 1. The van der Waals surface area contributed by atoms with Crippen molar-refractivity contribution in [1.29, 1.82) is 0 Å². The third-order valence-electron chi connectivity index (χ3n) is 7.15. The maximum atomic E-state index is 13.8. The average molecular weight is 428 g/mol. The van der Waals surface area contributed by atoms with E-state index in [2.05, 4.69) is 49.9 Å². The zero-order valence-electron chi connectivity index (χ0n) is 19.1. The highest BCUT2D eigenvalue weighted by Crippen LogP contribution is 2.62. The molecule has 2 aliphatic carbocycles. The molecule has 1 spiro atoms. The van der Waals surface area contributed by atoms with Crippen LogP contribution in [0.4, 0.5) is 0 Å². The number of ether oxygens (including phenoxy) is 2. The van der Waals surface area contributed by atoms with Crippen molar-refractivity contribution < 1.29 is 18.7 Å². The van der Waals surface area contributed by atoms with Crippen LogP contribution >= 0.6 is 0 Å². The summed E-state index contributed by atoms with van der Waals surface area (Å²) in [5.41, 5.74) is 5.95. The first-order chi connectivity index (χ1) is 14.1. The SMILES string of the molecule is Cc1ncoc1C(=O)C1=C(C(C)C#C[Si](C)(C)C)CCC2(C)[C@H]1CCC21OCCO1. The molecule has 4 rings (SSSR count). The highest BCUT2D eigenvalue weighted by atomic mass is 28.3. The summed E-state index contributed by atoms with van der Waals surface area (Å²) < 4.78 is 17.9. The van der Waals surface area contributed by atoms with Gasteiger partial charge in [-0.25, -0.2) is 4.98 Å². The predicted molar refractivity (Wildman–Crippen MR) is 118 cm³/mol. The number of allylic oxidation sites excluding steroid dienone is 2. The first kappa shape index (κ1) is 21.5. The van der Waals surface area contributed by atoms with E-state index >= 15 is 0 Å². The molecule has 0 amide bonds. The van der Waals surface area contributed by atoms with E-state index in [9.17, 15) is 4.79 Å². The van der Waals surface area contributed by atoms with Gasteiger partial charge in [0.15, 0.2) is 17.9 Å². The molecule has 0 N–H and O–H groups in total. The summed E-state index contributed by atoms with van der Waals surface area (Å²) in [6.07, 6.45) is 4.83. The van der Waals surface area contributed by atoms with Gasteiger partial charge < -0.3 is 13.9 Å². The Bertz CT molecular complexity index is 938. The normalized spacial score (nSPS) is 28.9. The Hall–Kier alpha value is -1.68. The fraction of sp³-hybridized carbons (Fsp3) is 0.667. The molecule has 1 aliphatic heterocycles. The van der Waals surface area contributed by atoms with Gasteiger partial charge in [-0.2, -0.15) is 0 Å². The lowest BCUT2D eigenvalue weighted by molar-refractivity contribution is -0.225. The number of Topliss-reactive ketones (excluding diaryl/α,β-unsaturated/α-hetero) is 1. The smallest absolute Gasteiger partial charge is 0.226 e. The summed E-state index contributed by atoms with van der Waals surface area (Å²) in [6.45, 7) is 14.2. The van der Waals surface area contributed by atoms with Crippen LogP contribution in [-0.2, 0) is 9.47 Å². The molecule has 30 heavy (non-hydrogen) atoms. The van der Waals surface area contributed by atoms with Crippen molar-refractivity contribution in [3.8, 4) is 11.5 Å². The first-order valence-corrected chi connectivity index (χ1v) is 14.6. The van der Waals surface area contributed by atoms with Gasteiger partial charge in [-0.1, -0.05) is 26.6 Å². The molecule has 0 aromatic carbocycles. The van der Waals surface area contributed by atoms with Crippen molar-refractivity contribution in [3.05, 3.63) is 29.0 Å². The number of ketones is 1. The molecule has 3 aliphatic rings. The Balaban J connectivity index is 1.81. The van der Waals surface area contributed by atoms with Crippen LogP contribution in [0, 0.1) is 35.6 Å². The van der Waals surface area contributed by atoms with Crippen LogP contribution in [0.15, 0.2) is 22.0 Å². The standard InChI is InChI=1S/C24H33NO4Si/c1-16(9-14-30(4,5)6)18-7-10-23(3)19(8-11-24(23)28-12-13-29-24)20(18)21(26)22-17(2)25-15-27-22/h15-16,19H,7-8,10-13H2,1-6H3/t16?,19-,23?/m0/s1. The number of oxazole rings is 1. The molecule has 5 nitrogen and oxygen atoms in total. The number of carbonyl (C=O) groups excluding carboxylic acids is 1. The molecule has 2 fully saturated rings. The van der Waals surface area contributed by atoms with E-state index in [-0.39, 0.29) is 23.0 Å². The molecule has 0 bridgehead atoms. The summed E-state index contributed by atoms with van der Waals surface area (Å²) in [4.78, 5) is 17.9. The fourth-order valence-electron chi connectivity index (χ4n) is 5.52. The third kappa shape index (κ3) is 3.41. The Morgan fingerprint density at radius 1 is 1.27 bits per heavy atom. The minimum atomic E-state index is -1.50. The fourth-order valence-corrected chi connectivity index (χ4v) is 6.17. The van der Waals surface area contributed by atoms with E-state index in [0.29, 0.717) is 24.7 Å². The van der Waals surface area contributed by atoms with Crippen LogP contribution in [0.25, 0.3) is 0 Å². The van der Waals surface area contributed by atoms with Gasteiger partial charge in [0.25, 0.3) is 0 Å². The molecule has 0 radical (unpaired) electrons. The number of fused-ring (bicyclic) bond motifs is 2. The van der Waals surface area contributed by atoms with Crippen molar-refractivity contribution in [3.63, 3.8) is 0 Å². The second-order valence-corrected chi connectivity index (χ2v) is 15.0. The molecule has 1 aromatic heterocycles. The predicted octanol–water partition coefficient (Wildman–Crippen LogP) is 4.93. The first-order valence-electron chi connectivity index (χ1n) is 11.1. The molecule has 2 heterocycles. The molecule has 3 atom stereocenters. The minimum Gasteiger partial charge on any atom is -0.440 e. The van der Waals surface area contributed by atoms with Gasteiger partial charge in [0.05, 0.1) is 18.9 Å². The van der Waals surface area contributed by atoms with E-state index < -0.39 is 13.9 Å². The van der Waals surface area contributed by atoms with Gasteiger partial charge in [-0.15, -0.1) is 11.5 Å². The Labute approximate surface area is 180 Å². The Morgan fingerprint density at radius 3 is 2.57 bits per heavy atom. The van der Waals surface area contributed by atoms with Crippen LogP contribution < -0.4 is 0 Å². The molecule has 162 valence electrons. The molecular formula is C24H33NO4Si. The maximum absolute atomic E-state index is 13.8. The van der Waals surface area contributed by atoms with Crippen molar-refractivity contribution in [2.45, 2.75) is 71.9 Å². The van der Waals surface area contributed by atoms with E-state index in [0.717, 1.165) is 31.3 Å². The summed E-state index contributed by atoms with van der Waals surface area (Å²) in [7, 11) is -1.50. The van der Waals surface area contributed by atoms with E-state index in [1.807, 2.05) is 6.92 Å². The number of hydrogen-bond acceptors (Lipinski definition) is 5. The van der Waals surface area contributed by atoms with Gasteiger partial charge in [-0.3, -0.25) is 4.79 Å². The zero-order chi connectivity index (χ0) is 21.7. The number of nitrogens with zero attached hydrogens (tertiary/aromatic N) is 1. The van der Waals surface area contributed by atoms with Gasteiger partial charge in [0.2, 0.25) is 5.78 Å². The molecule has 6 heteroatoms. The third-order valence-corrected chi connectivity index (χ3v) is 8.04. The number of aromatic nitrogens is 1. The molecule has 1 aromatic rings. The Morgan fingerprint density at radius 2 is 1.97 bits per heavy atom. The van der Waals surface area contributed by atoms with Gasteiger partial charge in [0.1, 0.15) is 8.07 Å². The van der Waals surface area contributed by atoms with E-state index in [1.165, 1.54) is 12.0 Å². The number of rotatable bonds is 3. The van der Waals surface area contributed by atoms with Gasteiger partial charge in [-0.05, 0) is 44.6 Å². The summed E-state index contributed by atoms with van der Waals surface area (Å²) in [5.74, 6) is 3.35. The van der Waals surface area contributed by atoms with Crippen LogP contribution in [0.1, 0.15) is 55.8 Å². The number of aryl methyl sites for hydroxylation is 1. The van der Waals surface area contributed by atoms with Crippen LogP contribution in [0.2, 0.25) is 19.6 Å². The molecular weight excluding hydrogens is 394 g/mol. The highest BCUT2D eigenvalue weighted by Gasteiger charge is 2.63.